The molecule has 1 atom stereocenters. The fraction of sp³-hybridized carbons (Fsp3) is 0.385. The minimum atomic E-state index is -0.810. The Morgan fingerprint density at radius 2 is 2.28 bits per heavy atom. The van der Waals surface area contributed by atoms with Crippen molar-refractivity contribution in [3.8, 4) is 6.07 Å². The molecule has 1 heterocycles. The number of aliphatic carboxylic acids is 1. The van der Waals surface area contributed by atoms with E-state index in [0.717, 1.165) is 18.5 Å². The van der Waals surface area contributed by atoms with Crippen molar-refractivity contribution >= 4 is 23.3 Å². The number of rotatable bonds is 2. The molecule has 0 aromatic heterocycles. The summed E-state index contributed by atoms with van der Waals surface area (Å²) in [7, 11) is 0. The lowest BCUT2D eigenvalue weighted by molar-refractivity contribution is -0.139. The molecular formula is C13H13ClN2O2. The summed E-state index contributed by atoms with van der Waals surface area (Å²) in [6.07, 6.45) is 2.55. The molecule has 18 heavy (non-hydrogen) atoms. The maximum Gasteiger partial charge on any atom is 0.326 e. The van der Waals surface area contributed by atoms with Gasteiger partial charge in [-0.15, -0.1) is 0 Å². The smallest absolute Gasteiger partial charge is 0.326 e. The van der Waals surface area contributed by atoms with Crippen molar-refractivity contribution in [3.05, 3.63) is 28.8 Å². The van der Waals surface area contributed by atoms with Gasteiger partial charge in [0.05, 0.1) is 10.6 Å². The molecule has 1 aromatic carbocycles. The Morgan fingerprint density at radius 1 is 1.50 bits per heavy atom. The highest BCUT2D eigenvalue weighted by atomic mass is 35.5. The summed E-state index contributed by atoms with van der Waals surface area (Å²) in [6, 6.07) is 6.55. The molecule has 0 saturated carbocycles. The lowest BCUT2D eigenvalue weighted by Crippen LogP contribution is -2.44. The van der Waals surface area contributed by atoms with Crippen LogP contribution in [-0.4, -0.2) is 23.7 Å². The van der Waals surface area contributed by atoms with Crippen LogP contribution in [0, 0.1) is 11.3 Å². The third-order valence-corrected chi connectivity index (χ3v) is 3.51. The molecule has 1 unspecified atom stereocenters. The van der Waals surface area contributed by atoms with Crippen molar-refractivity contribution in [2.24, 2.45) is 0 Å². The molecule has 0 amide bonds. The summed E-state index contributed by atoms with van der Waals surface area (Å²) in [5.41, 5.74) is 1.18. The van der Waals surface area contributed by atoms with Gasteiger partial charge in [0, 0.05) is 12.2 Å². The Kier molecular flexibility index (Phi) is 3.73. The zero-order chi connectivity index (χ0) is 13.1. The van der Waals surface area contributed by atoms with E-state index >= 15 is 0 Å². The van der Waals surface area contributed by atoms with Crippen LogP contribution in [-0.2, 0) is 4.79 Å². The van der Waals surface area contributed by atoms with Crippen LogP contribution in [0.15, 0.2) is 18.2 Å². The molecule has 94 valence electrons. The zero-order valence-corrected chi connectivity index (χ0v) is 10.5. The Hall–Kier alpha value is -1.73. The standard InChI is InChI=1S/C13H13ClN2O2/c14-11-7-10(5-4-9(11)8-15)16-6-2-1-3-12(16)13(17)18/h4-5,7,12H,1-3,6H2,(H,17,18). The minimum Gasteiger partial charge on any atom is -0.480 e. The molecule has 0 bridgehead atoms. The van der Waals surface area contributed by atoms with Gasteiger partial charge < -0.3 is 10.0 Å². The van der Waals surface area contributed by atoms with Crippen LogP contribution < -0.4 is 4.90 Å². The van der Waals surface area contributed by atoms with Gasteiger partial charge in [0.1, 0.15) is 12.1 Å². The van der Waals surface area contributed by atoms with E-state index in [0.29, 0.717) is 23.6 Å². The van der Waals surface area contributed by atoms with E-state index in [1.807, 2.05) is 11.0 Å². The molecule has 1 aliphatic rings. The normalized spacial score (nSPS) is 19.3. The van der Waals surface area contributed by atoms with Crippen LogP contribution in [0.5, 0.6) is 0 Å². The van der Waals surface area contributed by atoms with Crippen molar-refractivity contribution in [2.75, 3.05) is 11.4 Å². The predicted octanol–water partition coefficient (Wildman–Crippen LogP) is 2.66. The molecule has 1 aliphatic heterocycles. The van der Waals surface area contributed by atoms with Gasteiger partial charge in [-0.1, -0.05) is 11.6 Å². The van der Waals surface area contributed by atoms with Crippen molar-refractivity contribution in [1.82, 2.24) is 0 Å². The van der Waals surface area contributed by atoms with E-state index in [9.17, 15) is 9.90 Å². The lowest BCUT2D eigenvalue weighted by Gasteiger charge is -2.35. The molecule has 0 spiro atoms. The SMILES string of the molecule is N#Cc1ccc(N2CCCCC2C(=O)O)cc1Cl. The van der Waals surface area contributed by atoms with Crippen LogP contribution >= 0.6 is 11.6 Å². The summed E-state index contributed by atoms with van der Waals surface area (Å²) >= 11 is 5.98. The highest BCUT2D eigenvalue weighted by Gasteiger charge is 2.28. The summed E-state index contributed by atoms with van der Waals surface area (Å²) in [5.74, 6) is -0.810. The van der Waals surface area contributed by atoms with Crippen LogP contribution in [0.3, 0.4) is 0 Å². The van der Waals surface area contributed by atoms with Crippen molar-refractivity contribution in [1.29, 1.82) is 5.26 Å². The topological polar surface area (TPSA) is 64.3 Å². The molecular weight excluding hydrogens is 252 g/mol. The molecule has 1 saturated heterocycles. The van der Waals surface area contributed by atoms with Gasteiger partial charge in [-0.3, -0.25) is 0 Å². The number of carboxylic acids is 1. The highest BCUT2D eigenvalue weighted by Crippen LogP contribution is 2.28. The van der Waals surface area contributed by atoms with E-state index < -0.39 is 12.0 Å². The predicted molar refractivity (Wildman–Crippen MR) is 68.8 cm³/mol. The Bertz CT molecular complexity index is 510. The average molecular weight is 265 g/mol. The Balaban J connectivity index is 2.32. The van der Waals surface area contributed by atoms with Crippen LogP contribution in [0.4, 0.5) is 5.69 Å². The van der Waals surface area contributed by atoms with Crippen LogP contribution in [0.2, 0.25) is 5.02 Å². The number of nitrogens with zero attached hydrogens (tertiary/aromatic N) is 2. The molecule has 0 aliphatic carbocycles. The van der Waals surface area contributed by atoms with Gasteiger partial charge in [0.15, 0.2) is 0 Å². The maximum atomic E-state index is 11.2. The number of benzene rings is 1. The first kappa shape index (κ1) is 12.7. The molecule has 1 aromatic rings. The number of hydrogen-bond acceptors (Lipinski definition) is 3. The third kappa shape index (κ3) is 2.41. The van der Waals surface area contributed by atoms with Crippen molar-refractivity contribution in [3.63, 3.8) is 0 Å². The fourth-order valence-corrected chi connectivity index (χ4v) is 2.49. The van der Waals surface area contributed by atoms with E-state index in [2.05, 4.69) is 0 Å². The monoisotopic (exact) mass is 264 g/mol. The maximum absolute atomic E-state index is 11.2. The van der Waals surface area contributed by atoms with Gasteiger partial charge in [0.25, 0.3) is 0 Å². The zero-order valence-electron chi connectivity index (χ0n) is 9.77. The second-order valence-corrected chi connectivity index (χ2v) is 4.73. The Labute approximate surface area is 110 Å². The highest BCUT2D eigenvalue weighted by molar-refractivity contribution is 6.32. The number of anilines is 1. The number of halogens is 1. The Morgan fingerprint density at radius 3 is 2.89 bits per heavy atom. The first-order valence-electron chi connectivity index (χ1n) is 5.82. The van der Waals surface area contributed by atoms with Crippen LogP contribution in [0.25, 0.3) is 0 Å². The van der Waals surface area contributed by atoms with Gasteiger partial charge in [-0.2, -0.15) is 5.26 Å². The second kappa shape index (κ2) is 5.28. The van der Waals surface area contributed by atoms with E-state index in [1.54, 1.807) is 18.2 Å². The van der Waals surface area contributed by atoms with E-state index in [4.69, 9.17) is 16.9 Å². The largest absolute Gasteiger partial charge is 0.480 e. The second-order valence-electron chi connectivity index (χ2n) is 4.32. The molecule has 0 radical (unpaired) electrons. The lowest BCUT2D eigenvalue weighted by atomic mass is 10.0. The van der Waals surface area contributed by atoms with Gasteiger partial charge in [0.2, 0.25) is 0 Å². The molecule has 4 nitrogen and oxygen atoms in total. The molecule has 5 heteroatoms. The third-order valence-electron chi connectivity index (χ3n) is 3.19. The van der Waals surface area contributed by atoms with Crippen molar-refractivity contribution < 1.29 is 9.90 Å². The average Bonchev–Trinajstić information content (AvgIpc) is 2.38. The van der Waals surface area contributed by atoms with Crippen molar-refractivity contribution in [2.45, 2.75) is 25.3 Å². The van der Waals surface area contributed by atoms with E-state index in [1.165, 1.54) is 0 Å². The quantitative estimate of drug-likeness (QED) is 0.892. The van der Waals surface area contributed by atoms with Gasteiger partial charge in [-0.05, 0) is 37.5 Å². The van der Waals surface area contributed by atoms with E-state index in [-0.39, 0.29) is 0 Å². The number of carboxylic acid groups (broad SMARTS) is 1. The van der Waals surface area contributed by atoms with Gasteiger partial charge in [-0.25, -0.2) is 4.79 Å². The molecule has 1 fully saturated rings. The van der Waals surface area contributed by atoms with Gasteiger partial charge >= 0.3 is 5.97 Å². The van der Waals surface area contributed by atoms with Crippen LogP contribution in [0.1, 0.15) is 24.8 Å². The summed E-state index contributed by atoms with van der Waals surface area (Å²) in [4.78, 5) is 13.1. The molecule has 1 N–H and O–H groups in total. The number of nitriles is 1. The first-order chi connectivity index (χ1) is 8.63. The minimum absolute atomic E-state index is 0.365. The molecule has 2 rings (SSSR count). The first-order valence-corrected chi connectivity index (χ1v) is 6.20. The fourth-order valence-electron chi connectivity index (χ4n) is 2.27. The number of piperidine rings is 1. The number of hydrogen-bond donors (Lipinski definition) is 1. The number of carbonyl (C=O) groups is 1. The summed E-state index contributed by atoms with van der Waals surface area (Å²) in [6.45, 7) is 0.708. The summed E-state index contributed by atoms with van der Waals surface area (Å²) < 4.78 is 0. The summed E-state index contributed by atoms with van der Waals surface area (Å²) in [5, 5.41) is 18.4.